The number of hydrogen-bond acceptors (Lipinski definition) is 4. The van der Waals surface area contributed by atoms with Gasteiger partial charge in [-0.25, -0.2) is 4.68 Å². The number of carbonyl (C=O) groups excluding carboxylic acids is 2. The van der Waals surface area contributed by atoms with E-state index in [1.54, 1.807) is 6.92 Å². The Hall–Kier alpha value is -3.74. The lowest BCUT2D eigenvalue weighted by Gasteiger charge is -2.17. The molecule has 2 aromatic carbocycles. The molecule has 0 saturated heterocycles. The molecule has 1 atom stereocenters. The molecule has 0 aliphatic carbocycles. The second kappa shape index (κ2) is 8.73. The third-order valence-corrected chi connectivity index (χ3v) is 4.70. The molecule has 1 unspecified atom stereocenters. The number of anilines is 2. The van der Waals surface area contributed by atoms with Crippen molar-refractivity contribution in [1.82, 2.24) is 9.78 Å². The van der Waals surface area contributed by atoms with Gasteiger partial charge >= 0.3 is 0 Å². The average molecular weight is 404 g/mol. The zero-order valence-corrected chi connectivity index (χ0v) is 17.4. The van der Waals surface area contributed by atoms with Crippen molar-refractivity contribution in [1.29, 1.82) is 0 Å². The lowest BCUT2D eigenvalue weighted by molar-refractivity contribution is -0.119. The highest BCUT2D eigenvalue weighted by atomic mass is 16.2. The van der Waals surface area contributed by atoms with E-state index >= 15 is 0 Å². The lowest BCUT2D eigenvalue weighted by atomic mass is 10.1. The van der Waals surface area contributed by atoms with Crippen molar-refractivity contribution in [2.24, 2.45) is 0 Å². The summed E-state index contributed by atoms with van der Waals surface area (Å²) in [5.41, 5.74) is 3.45. The smallest absolute Gasteiger partial charge is 0.291 e. The molecule has 30 heavy (non-hydrogen) atoms. The number of hydrogen-bond donors (Lipinski definition) is 2. The summed E-state index contributed by atoms with van der Waals surface area (Å²) in [6.45, 7) is 6.80. The van der Waals surface area contributed by atoms with Gasteiger partial charge in [0, 0.05) is 18.2 Å². The number of nitrogens with zero attached hydrogens (tertiary/aromatic N) is 2. The van der Waals surface area contributed by atoms with Crippen LogP contribution in [0.2, 0.25) is 0 Å². The van der Waals surface area contributed by atoms with Crippen LogP contribution in [-0.4, -0.2) is 21.6 Å². The van der Waals surface area contributed by atoms with E-state index < -0.39 is 11.6 Å². The molecule has 0 radical (unpaired) electrons. The molecule has 0 fully saturated rings. The summed E-state index contributed by atoms with van der Waals surface area (Å²) >= 11 is 0. The molecule has 0 spiro atoms. The highest BCUT2D eigenvalue weighted by Gasteiger charge is 2.21. The fourth-order valence-electron chi connectivity index (χ4n) is 3.11. The molecule has 0 aliphatic rings. The maximum absolute atomic E-state index is 12.9. The first-order valence-electron chi connectivity index (χ1n) is 9.61. The van der Waals surface area contributed by atoms with Gasteiger partial charge in [0.2, 0.25) is 11.8 Å². The van der Waals surface area contributed by atoms with Gasteiger partial charge in [0.05, 0.1) is 5.69 Å². The Kier molecular flexibility index (Phi) is 6.11. The monoisotopic (exact) mass is 404 g/mol. The van der Waals surface area contributed by atoms with Crippen LogP contribution in [0.25, 0.3) is 11.3 Å². The van der Waals surface area contributed by atoms with E-state index in [4.69, 9.17) is 0 Å². The highest BCUT2D eigenvalue weighted by molar-refractivity contribution is 5.94. The van der Waals surface area contributed by atoms with Gasteiger partial charge in [0.25, 0.3) is 5.56 Å². The molecule has 0 bridgehead atoms. The molecule has 154 valence electrons. The normalized spacial score (nSPS) is 11.6. The number of aromatic nitrogens is 2. The highest BCUT2D eigenvalue weighted by Crippen LogP contribution is 2.21. The topological polar surface area (TPSA) is 93.1 Å². The first-order valence-corrected chi connectivity index (χ1v) is 9.61. The predicted molar refractivity (Wildman–Crippen MR) is 117 cm³/mol. The number of aryl methyl sites for hydroxylation is 2. The van der Waals surface area contributed by atoms with Crippen molar-refractivity contribution in [3.8, 4) is 11.3 Å². The first-order chi connectivity index (χ1) is 14.3. The van der Waals surface area contributed by atoms with Crippen LogP contribution < -0.4 is 16.2 Å². The minimum atomic E-state index is -0.894. The molecule has 3 rings (SSSR count). The largest absolute Gasteiger partial charge is 0.324 e. The Morgan fingerprint density at radius 3 is 2.30 bits per heavy atom. The van der Waals surface area contributed by atoms with Crippen molar-refractivity contribution >= 4 is 23.2 Å². The zero-order chi connectivity index (χ0) is 21.8. The molecule has 1 aromatic heterocycles. The summed E-state index contributed by atoms with van der Waals surface area (Å²) in [7, 11) is 0. The number of nitrogens with one attached hydrogen (secondary N) is 2. The second-order valence-electron chi connectivity index (χ2n) is 7.22. The molecule has 2 amide bonds. The van der Waals surface area contributed by atoms with Gasteiger partial charge in [-0.3, -0.25) is 14.4 Å². The van der Waals surface area contributed by atoms with Gasteiger partial charge in [-0.05, 0) is 38.5 Å². The maximum atomic E-state index is 12.9. The minimum Gasteiger partial charge on any atom is -0.324 e. The lowest BCUT2D eigenvalue weighted by Crippen LogP contribution is -2.35. The van der Waals surface area contributed by atoms with E-state index in [-0.39, 0.29) is 17.5 Å². The van der Waals surface area contributed by atoms with Gasteiger partial charge in [0.1, 0.15) is 11.7 Å². The van der Waals surface area contributed by atoms with E-state index in [2.05, 4.69) is 15.7 Å². The zero-order valence-electron chi connectivity index (χ0n) is 17.4. The molecular weight excluding hydrogens is 380 g/mol. The summed E-state index contributed by atoms with van der Waals surface area (Å²) in [6.07, 6.45) is 0. The third kappa shape index (κ3) is 4.63. The summed E-state index contributed by atoms with van der Waals surface area (Å²) in [4.78, 5) is 37.4. The van der Waals surface area contributed by atoms with Crippen molar-refractivity contribution in [3.05, 3.63) is 76.1 Å². The summed E-state index contributed by atoms with van der Waals surface area (Å²) in [5.74, 6) is -0.758. The van der Waals surface area contributed by atoms with Crippen molar-refractivity contribution in [2.75, 3.05) is 10.6 Å². The van der Waals surface area contributed by atoms with E-state index in [9.17, 15) is 14.4 Å². The van der Waals surface area contributed by atoms with Crippen LogP contribution in [0.4, 0.5) is 11.4 Å². The summed E-state index contributed by atoms with van der Waals surface area (Å²) in [6, 6.07) is 15.6. The Labute approximate surface area is 174 Å². The van der Waals surface area contributed by atoms with Crippen LogP contribution in [0, 0.1) is 13.8 Å². The van der Waals surface area contributed by atoms with Crippen LogP contribution in [0.1, 0.15) is 31.0 Å². The quantitative estimate of drug-likeness (QED) is 0.678. The molecule has 0 aliphatic heterocycles. The van der Waals surface area contributed by atoms with Crippen LogP contribution in [0.15, 0.2) is 59.4 Å². The van der Waals surface area contributed by atoms with E-state index in [0.29, 0.717) is 11.4 Å². The first kappa shape index (κ1) is 21.0. The van der Waals surface area contributed by atoms with E-state index in [1.165, 1.54) is 13.0 Å². The maximum Gasteiger partial charge on any atom is 0.291 e. The van der Waals surface area contributed by atoms with Crippen molar-refractivity contribution in [2.45, 2.75) is 33.7 Å². The fraction of sp³-hybridized carbons (Fsp3) is 0.217. The van der Waals surface area contributed by atoms with Gasteiger partial charge in [-0.1, -0.05) is 48.0 Å². The minimum absolute atomic E-state index is 0.0718. The summed E-state index contributed by atoms with van der Waals surface area (Å²) < 4.78 is 1.10. The Morgan fingerprint density at radius 1 is 0.967 bits per heavy atom. The Morgan fingerprint density at radius 2 is 1.67 bits per heavy atom. The molecular formula is C23H24N4O3. The molecule has 2 N–H and O–H groups in total. The number of benzene rings is 2. The molecule has 7 heteroatoms. The summed E-state index contributed by atoms with van der Waals surface area (Å²) in [5, 5.41) is 9.80. The SMILES string of the molecule is CC(=O)Nc1cc(-c2ccccc2)nn(C(C)C(=O)Nc2ccc(C)cc2C)c1=O. The average Bonchev–Trinajstić information content (AvgIpc) is 2.71. The Bertz CT molecular complexity index is 1150. The van der Waals surface area contributed by atoms with Gasteiger partial charge in [0.15, 0.2) is 0 Å². The van der Waals surface area contributed by atoms with Crippen LogP contribution in [0.5, 0.6) is 0 Å². The molecule has 1 heterocycles. The van der Waals surface area contributed by atoms with Crippen LogP contribution in [0.3, 0.4) is 0 Å². The molecule has 3 aromatic rings. The Balaban J connectivity index is 2.01. The van der Waals surface area contributed by atoms with Crippen LogP contribution in [-0.2, 0) is 9.59 Å². The predicted octanol–water partition coefficient (Wildman–Crippen LogP) is 3.69. The van der Waals surface area contributed by atoms with Gasteiger partial charge in [-0.15, -0.1) is 0 Å². The van der Waals surface area contributed by atoms with Crippen molar-refractivity contribution < 1.29 is 9.59 Å². The number of carbonyl (C=O) groups is 2. The molecule has 7 nitrogen and oxygen atoms in total. The number of rotatable bonds is 5. The second-order valence-corrected chi connectivity index (χ2v) is 7.22. The van der Waals surface area contributed by atoms with E-state index in [1.807, 2.05) is 62.4 Å². The fourth-order valence-corrected chi connectivity index (χ4v) is 3.11. The third-order valence-electron chi connectivity index (χ3n) is 4.70. The van der Waals surface area contributed by atoms with E-state index in [0.717, 1.165) is 21.4 Å². The van der Waals surface area contributed by atoms with Gasteiger partial charge < -0.3 is 10.6 Å². The van der Waals surface area contributed by atoms with Crippen molar-refractivity contribution in [3.63, 3.8) is 0 Å². The number of amides is 2. The standard InChI is InChI=1S/C23H24N4O3/c1-14-10-11-19(15(2)12-14)25-22(29)16(3)27-23(30)21(24-17(4)28)13-20(26-27)18-8-6-5-7-9-18/h5-13,16H,1-4H3,(H,24,28)(H,25,29). The molecule has 0 saturated carbocycles. The van der Waals surface area contributed by atoms with Crippen LogP contribution >= 0.6 is 0 Å². The van der Waals surface area contributed by atoms with Gasteiger partial charge in [-0.2, -0.15) is 5.10 Å².